The Balaban J connectivity index is 2.12. The third-order valence-electron chi connectivity index (χ3n) is 2.41. The molecule has 5 nitrogen and oxygen atoms in total. The fraction of sp³-hybridized carbons (Fsp3) is 0.0714. The van der Waals surface area contributed by atoms with Gasteiger partial charge in [0, 0.05) is 18.2 Å². The van der Waals surface area contributed by atoms with E-state index in [0.29, 0.717) is 11.3 Å². The molecule has 0 unspecified atom stereocenters. The number of rotatable bonds is 3. The molecule has 0 saturated heterocycles. The Morgan fingerprint density at radius 1 is 1.15 bits per heavy atom. The van der Waals surface area contributed by atoms with Gasteiger partial charge in [0.25, 0.3) is 5.91 Å². The van der Waals surface area contributed by atoms with Crippen LogP contribution in [0.15, 0.2) is 42.6 Å². The average Bonchev–Trinajstić information content (AvgIpc) is 2.41. The van der Waals surface area contributed by atoms with Crippen LogP contribution in [0.25, 0.3) is 0 Å². The van der Waals surface area contributed by atoms with Crippen LogP contribution in [0.3, 0.4) is 0 Å². The Morgan fingerprint density at radius 3 is 2.60 bits per heavy atom. The van der Waals surface area contributed by atoms with Crippen molar-refractivity contribution in [1.29, 1.82) is 0 Å². The number of hydrogen-bond donors (Lipinski definition) is 2. The Kier molecular flexibility index (Phi) is 4.05. The second-order valence-electron chi connectivity index (χ2n) is 4.08. The summed E-state index contributed by atoms with van der Waals surface area (Å²) in [6, 6.07) is 9.04. The van der Waals surface area contributed by atoms with Crippen LogP contribution in [0.4, 0.5) is 15.9 Å². The summed E-state index contributed by atoms with van der Waals surface area (Å²) >= 11 is 0. The predicted octanol–water partition coefficient (Wildman–Crippen LogP) is 2.43. The predicted molar refractivity (Wildman–Crippen MR) is 72.9 cm³/mol. The van der Waals surface area contributed by atoms with Crippen LogP contribution in [0.2, 0.25) is 0 Å². The van der Waals surface area contributed by atoms with Crippen molar-refractivity contribution in [2.45, 2.75) is 6.92 Å². The summed E-state index contributed by atoms with van der Waals surface area (Å²) in [6.07, 6.45) is 1.02. The van der Waals surface area contributed by atoms with Crippen LogP contribution in [0.1, 0.15) is 17.3 Å². The summed E-state index contributed by atoms with van der Waals surface area (Å²) < 4.78 is 12.7. The highest BCUT2D eigenvalue weighted by Crippen LogP contribution is 2.12. The van der Waals surface area contributed by atoms with Crippen molar-refractivity contribution < 1.29 is 14.0 Å². The van der Waals surface area contributed by atoms with Crippen molar-refractivity contribution in [2.75, 3.05) is 10.6 Å². The van der Waals surface area contributed by atoms with E-state index < -0.39 is 11.7 Å². The SMILES string of the molecule is CC(=O)Nc1cccc(C(=O)Nc2ccc(F)cn2)c1. The molecule has 1 aromatic heterocycles. The maximum atomic E-state index is 12.7. The van der Waals surface area contributed by atoms with E-state index in [1.165, 1.54) is 19.1 Å². The zero-order chi connectivity index (χ0) is 14.5. The number of aromatic nitrogens is 1. The largest absolute Gasteiger partial charge is 0.326 e. The van der Waals surface area contributed by atoms with Crippen molar-refractivity contribution in [2.24, 2.45) is 0 Å². The molecule has 0 radical (unpaired) electrons. The maximum Gasteiger partial charge on any atom is 0.256 e. The molecule has 2 N–H and O–H groups in total. The van der Waals surface area contributed by atoms with Crippen LogP contribution in [0, 0.1) is 5.82 Å². The molecule has 0 bridgehead atoms. The minimum Gasteiger partial charge on any atom is -0.326 e. The van der Waals surface area contributed by atoms with E-state index in [1.54, 1.807) is 24.3 Å². The van der Waals surface area contributed by atoms with Gasteiger partial charge in [0.15, 0.2) is 0 Å². The number of carbonyl (C=O) groups is 2. The summed E-state index contributed by atoms with van der Waals surface area (Å²) in [7, 11) is 0. The first-order chi connectivity index (χ1) is 9.54. The van der Waals surface area contributed by atoms with E-state index >= 15 is 0 Å². The zero-order valence-electron chi connectivity index (χ0n) is 10.7. The summed E-state index contributed by atoms with van der Waals surface area (Å²) in [5.41, 5.74) is 0.889. The van der Waals surface area contributed by atoms with Gasteiger partial charge >= 0.3 is 0 Å². The topological polar surface area (TPSA) is 71.1 Å². The number of hydrogen-bond acceptors (Lipinski definition) is 3. The molecule has 0 spiro atoms. The van der Waals surface area contributed by atoms with Crippen molar-refractivity contribution in [3.63, 3.8) is 0 Å². The van der Waals surface area contributed by atoms with Crippen molar-refractivity contribution in [1.82, 2.24) is 4.98 Å². The Hall–Kier alpha value is -2.76. The van der Waals surface area contributed by atoms with Crippen LogP contribution in [0.5, 0.6) is 0 Å². The molecule has 2 aromatic rings. The quantitative estimate of drug-likeness (QED) is 0.902. The lowest BCUT2D eigenvalue weighted by Crippen LogP contribution is -2.14. The Morgan fingerprint density at radius 2 is 1.95 bits per heavy atom. The van der Waals surface area contributed by atoms with E-state index in [1.807, 2.05) is 0 Å². The monoisotopic (exact) mass is 273 g/mol. The van der Waals surface area contributed by atoms with Gasteiger partial charge in [-0.2, -0.15) is 0 Å². The molecule has 2 rings (SSSR count). The van der Waals surface area contributed by atoms with Crippen LogP contribution in [-0.2, 0) is 4.79 Å². The average molecular weight is 273 g/mol. The standard InChI is InChI=1S/C14H12FN3O2/c1-9(19)17-12-4-2-3-10(7-12)14(20)18-13-6-5-11(15)8-16-13/h2-8H,1H3,(H,17,19)(H,16,18,20). The first-order valence-corrected chi connectivity index (χ1v) is 5.85. The highest BCUT2D eigenvalue weighted by molar-refractivity contribution is 6.04. The first kappa shape index (κ1) is 13.7. The lowest BCUT2D eigenvalue weighted by Gasteiger charge is -2.06. The van der Waals surface area contributed by atoms with Crippen molar-refractivity contribution in [3.05, 3.63) is 54.0 Å². The van der Waals surface area contributed by atoms with Gasteiger partial charge in [-0.25, -0.2) is 9.37 Å². The Bertz CT molecular complexity index is 641. The van der Waals surface area contributed by atoms with Crippen LogP contribution < -0.4 is 10.6 Å². The van der Waals surface area contributed by atoms with E-state index in [0.717, 1.165) is 6.20 Å². The summed E-state index contributed by atoms with van der Waals surface area (Å²) in [6.45, 7) is 1.38. The molecule has 6 heteroatoms. The number of amides is 2. The van der Waals surface area contributed by atoms with Gasteiger partial charge in [-0.05, 0) is 30.3 Å². The molecule has 1 heterocycles. The molecule has 0 aliphatic heterocycles. The van der Waals surface area contributed by atoms with Gasteiger partial charge in [0.2, 0.25) is 5.91 Å². The molecule has 0 fully saturated rings. The fourth-order valence-electron chi connectivity index (χ4n) is 1.58. The maximum absolute atomic E-state index is 12.7. The lowest BCUT2D eigenvalue weighted by atomic mass is 10.2. The Labute approximate surface area is 114 Å². The smallest absolute Gasteiger partial charge is 0.256 e. The van der Waals surface area contributed by atoms with Gasteiger partial charge in [-0.15, -0.1) is 0 Å². The van der Waals surface area contributed by atoms with Gasteiger partial charge in [-0.1, -0.05) is 6.07 Å². The van der Waals surface area contributed by atoms with Gasteiger partial charge in [0.1, 0.15) is 11.6 Å². The molecule has 1 aromatic carbocycles. The number of nitrogens with zero attached hydrogens (tertiary/aromatic N) is 1. The number of anilines is 2. The molecule has 0 atom stereocenters. The van der Waals surface area contributed by atoms with E-state index in [-0.39, 0.29) is 11.7 Å². The van der Waals surface area contributed by atoms with E-state index in [4.69, 9.17) is 0 Å². The van der Waals surface area contributed by atoms with E-state index in [2.05, 4.69) is 15.6 Å². The zero-order valence-corrected chi connectivity index (χ0v) is 10.7. The molecule has 2 amide bonds. The number of halogens is 1. The molecule has 0 saturated carbocycles. The number of carbonyl (C=O) groups excluding carboxylic acids is 2. The highest BCUT2D eigenvalue weighted by atomic mass is 19.1. The number of pyridine rings is 1. The van der Waals surface area contributed by atoms with Crippen molar-refractivity contribution in [3.8, 4) is 0 Å². The molecule has 0 aliphatic carbocycles. The molecule has 20 heavy (non-hydrogen) atoms. The molecular formula is C14H12FN3O2. The molecule has 0 aliphatic rings. The van der Waals surface area contributed by atoms with E-state index in [9.17, 15) is 14.0 Å². The first-order valence-electron chi connectivity index (χ1n) is 5.85. The summed E-state index contributed by atoms with van der Waals surface area (Å²) in [5, 5.41) is 5.12. The number of benzene rings is 1. The minimum absolute atomic E-state index is 0.220. The normalized spacial score (nSPS) is 9.90. The second kappa shape index (κ2) is 5.92. The van der Waals surface area contributed by atoms with Crippen LogP contribution >= 0.6 is 0 Å². The molecular weight excluding hydrogens is 261 g/mol. The summed E-state index contributed by atoms with van der Waals surface area (Å²) in [4.78, 5) is 26.7. The van der Waals surface area contributed by atoms with Crippen LogP contribution in [-0.4, -0.2) is 16.8 Å². The fourth-order valence-corrected chi connectivity index (χ4v) is 1.58. The van der Waals surface area contributed by atoms with Crippen molar-refractivity contribution >= 4 is 23.3 Å². The van der Waals surface area contributed by atoms with Gasteiger partial charge in [0.05, 0.1) is 6.20 Å². The van der Waals surface area contributed by atoms with Gasteiger partial charge < -0.3 is 10.6 Å². The third kappa shape index (κ3) is 3.61. The lowest BCUT2D eigenvalue weighted by molar-refractivity contribution is -0.114. The third-order valence-corrected chi connectivity index (χ3v) is 2.41. The molecule has 102 valence electrons. The second-order valence-corrected chi connectivity index (χ2v) is 4.08. The summed E-state index contributed by atoms with van der Waals surface area (Å²) in [5.74, 6) is -0.837. The minimum atomic E-state index is -0.476. The highest BCUT2D eigenvalue weighted by Gasteiger charge is 2.08. The van der Waals surface area contributed by atoms with Gasteiger partial charge in [-0.3, -0.25) is 9.59 Å². The number of nitrogens with one attached hydrogen (secondary N) is 2.